The molecule has 0 saturated carbocycles. The van der Waals surface area contributed by atoms with E-state index in [0.717, 1.165) is 60.6 Å². The molecule has 0 bridgehead atoms. The molecule has 31 heavy (non-hydrogen) atoms. The van der Waals surface area contributed by atoms with Crippen LogP contribution in [0.1, 0.15) is 11.3 Å². The van der Waals surface area contributed by atoms with E-state index < -0.39 is 0 Å². The number of ether oxygens (including phenoxy) is 3. The minimum Gasteiger partial charge on any atom is -0.454 e. The zero-order chi connectivity index (χ0) is 21.0. The Morgan fingerprint density at radius 1 is 0.935 bits per heavy atom. The highest BCUT2D eigenvalue weighted by Crippen LogP contribution is 2.32. The van der Waals surface area contributed by atoms with Gasteiger partial charge in [-0.15, -0.1) is 0 Å². The number of aryl methyl sites for hydroxylation is 1. The summed E-state index contributed by atoms with van der Waals surface area (Å²) in [6, 6.07) is 16.2. The molecule has 1 fully saturated rings. The summed E-state index contributed by atoms with van der Waals surface area (Å²) in [6.07, 6.45) is 0. The predicted molar refractivity (Wildman–Crippen MR) is 119 cm³/mol. The smallest absolute Gasteiger partial charge is 0.231 e. The SMILES string of the molecule is Cc1cc(Nc2ccc(N3CCOCC3)cc2)nc(NCc2ccc3c(c2)OCO3)n1. The van der Waals surface area contributed by atoms with Crippen LogP contribution in [0.5, 0.6) is 11.5 Å². The van der Waals surface area contributed by atoms with E-state index in [1.807, 2.05) is 31.2 Å². The second kappa shape index (κ2) is 8.69. The number of nitrogens with zero attached hydrogens (tertiary/aromatic N) is 3. The molecule has 2 N–H and O–H groups in total. The van der Waals surface area contributed by atoms with Crippen molar-refractivity contribution < 1.29 is 14.2 Å². The summed E-state index contributed by atoms with van der Waals surface area (Å²) in [5, 5.41) is 6.67. The third-order valence-electron chi connectivity index (χ3n) is 5.26. The summed E-state index contributed by atoms with van der Waals surface area (Å²) in [6.45, 7) is 6.24. The molecule has 3 aromatic rings. The fraction of sp³-hybridized carbons (Fsp3) is 0.304. The van der Waals surface area contributed by atoms with E-state index in [1.54, 1.807) is 0 Å². The van der Waals surface area contributed by atoms with Crippen LogP contribution in [-0.2, 0) is 11.3 Å². The van der Waals surface area contributed by atoms with Gasteiger partial charge in [-0.05, 0) is 48.9 Å². The van der Waals surface area contributed by atoms with Crippen LogP contribution in [0.3, 0.4) is 0 Å². The molecule has 2 aliphatic heterocycles. The predicted octanol–water partition coefficient (Wildman–Crippen LogP) is 3.71. The molecule has 2 aromatic carbocycles. The van der Waals surface area contributed by atoms with E-state index >= 15 is 0 Å². The molecule has 1 aromatic heterocycles. The normalized spacial score (nSPS) is 15.1. The summed E-state index contributed by atoms with van der Waals surface area (Å²) >= 11 is 0. The number of anilines is 4. The van der Waals surface area contributed by atoms with Crippen LogP contribution < -0.4 is 25.0 Å². The molecule has 8 nitrogen and oxygen atoms in total. The second-order valence-electron chi connectivity index (χ2n) is 7.53. The molecular weight excluding hydrogens is 394 g/mol. The molecule has 0 radical (unpaired) electrons. The summed E-state index contributed by atoms with van der Waals surface area (Å²) < 4.78 is 16.2. The minimum absolute atomic E-state index is 0.273. The zero-order valence-corrected chi connectivity index (χ0v) is 17.4. The third-order valence-corrected chi connectivity index (χ3v) is 5.26. The standard InChI is InChI=1S/C23H25N5O3/c1-16-12-22(26-18-3-5-19(6-4-18)28-8-10-29-11-9-28)27-23(25-16)24-14-17-2-7-20-21(13-17)31-15-30-20/h2-7,12-13H,8-11,14-15H2,1H3,(H2,24,25,26,27). The molecule has 0 unspecified atom stereocenters. The Labute approximate surface area is 181 Å². The van der Waals surface area contributed by atoms with Crippen LogP contribution in [0.25, 0.3) is 0 Å². The van der Waals surface area contributed by atoms with Crippen LogP contribution in [0, 0.1) is 6.92 Å². The van der Waals surface area contributed by atoms with Gasteiger partial charge in [0.05, 0.1) is 13.2 Å². The van der Waals surface area contributed by atoms with Crippen LogP contribution in [0.2, 0.25) is 0 Å². The van der Waals surface area contributed by atoms with Crippen LogP contribution in [0.4, 0.5) is 23.1 Å². The largest absolute Gasteiger partial charge is 0.454 e. The van der Waals surface area contributed by atoms with Crippen molar-refractivity contribution >= 4 is 23.1 Å². The highest BCUT2D eigenvalue weighted by atomic mass is 16.7. The van der Waals surface area contributed by atoms with Gasteiger partial charge in [0.25, 0.3) is 0 Å². The quantitative estimate of drug-likeness (QED) is 0.626. The summed E-state index contributed by atoms with van der Waals surface area (Å²) in [5.74, 6) is 2.87. The molecule has 0 spiro atoms. The molecule has 0 amide bonds. The van der Waals surface area contributed by atoms with Gasteiger partial charge in [-0.1, -0.05) is 6.07 Å². The first-order valence-corrected chi connectivity index (χ1v) is 10.4. The molecule has 160 valence electrons. The number of rotatable bonds is 6. The fourth-order valence-electron chi connectivity index (χ4n) is 3.67. The first kappa shape index (κ1) is 19.4. The third kappa shape index (κ3) is 4.64. The Morgan fingerprint density at radius 2 is 1.74 bits per heavy atom. The average molecular weight is 419 g/mol. The van der Waals surface area contributed by atoms with Gasteiger partial charge >= 0.3 is 0 Å². The van der Waals surface area contributed by atoms with Crippen molar-refractivity contribution in [3.63, 3.8) is 0 Å². The number of morpholine rings is 1. The molecular formula is C23H25N5O3. The molecule has 1 saturated heterocycles. The summed E-state index contributed by atoms with van der Waals surface area (Å²) in [7, 11) is 0. The van der Waals surface area contributed by atoms with Gasteiger partial charge in [-0.3, -0.25) is 0 Å². The summed E-state index contributed by atoms with van der Waals surface area (Å²) in [5.41, 5.74) is 4.15. The Kier molecular flexibility index (Phi) is 5.45. The van der Waals surface area contributed by atoms with E-state index in [-0.39, 0.29) is 6.79 Å². The van der Waals surface area contributed by atoms with Crippen LogP contribution >= 0.6 is 0 Å². The molecule has 0 atom stereocenters. The number of hydrogen-bond acceptors (Lipinski definition) is 8. The number of nitrogens with one attached hydrogen (secondary N) is 2. The van der Waals surface area contributed by atoms with Crippen molar-refractivity contribution in [1.82, 2.24) is 9.97 Å². The minimum atomic E-state index is 0.273. The maximum Gasteiger partial charge on any atom is 0.231 e. The number of hydrogen-bond donors (Lipinski definition) is 2. The summed E-state index contributed by atoms with van der Waals surface area (Å²) in [4.78, 5) is 11.4. The maximum absolute atomic E-state index is 5.44. The Bertz CT molecular complexity index is 1050. The number of fused-ring (bicyclic) bond motifs is 1. The average Bonchev–Trinajstić information content (AvgIpc) is 3.26. The highest BCUT2D eigenvalue weighted by Gasteiger charge is 2.14. The van der Waals surface area contributed by atoms with Crippen molar-refractivity contribution in [2.75, 3.05) is 48.6 Å². The van der Waals surface area contributed by atoms with Crippen molar-refractivity contribution in [1.29, 1.82) is 0 Å². The molecule has 0 aliphatic carbocycles. The van der Waals surface area contributed by atoms with E-state index in [4.69, 9.17) is 14.2 Å². The molecule has 5 rings (SSSR count). The topological polar surface area (TPSA) is 80.8 Å². The highest BCUT2D eigenvalue weighted by molar-refractivity contribution is 5.61. The molecule has 3 heterocycles. The van der Waals surface area contributed by atoms with Crippen molar-refractivity contribution in [2.24, 2.45) is 0 Å². The lowest BCUT2D eigenvalue weighted by Gasteiger charge is -2.28. The van der Waals surface area contributed by atoms with E-state index in [2.05, 4.69) is 49.8 Å². The number of benzene rings is 2. The van der Waals surface area contributed by atoms with Gasteiger partial charge in [-0.2, -0.15) is 4.98 Å². The maximum atomic E-state index is 5.44. The van der Waals surface area contributed by atoms with Crippen molar-refractivity contribution in [3.8, 4) is 11.5 Å². The van der Waals surface area contributed by atoms with E-state index in [1.165, 1.54) is 5.69 Å². The van der Waals surface area contributed by atoms with Crippen LogP contribution in [0.15, 0.2) is 48.5 Å². The van der Waals surface area contributed by atoms with Gasteiger partial charge in [0.2, 0.25) is 12.7 Å². The van der Waals surface area contributed by atoms with E-state index in [0.29, 0.717) is 12.5 Å². The van der Waals surface area contributed by atoms with Crippen molar-refractivity contribution in [3.05, 3.63) is 59.8 Å². The van der Waals surface area contributed by atoms with Crippen LogP contribution in [-0.4, -0.2) is 43.1 Å². The molecule has 8 heteroatoms. The molecule has 2 aliphatic rings. The Balaban J connectivity index is 1.24. The second-order valence-corrected chi connectivity index (χ2v) is 7.53. The first-order chi connectivity index (χ1) is 15.2. The first-order valence-electron chi connectivity index (χ1n) is 10.4. The number of aromatic nitrogens is 2. The lowest BCUT2D eigenvalue weighted by atomic mass is 10.2. The van der Waals surface area contributed by atoms with Gasteiger partial charge < -0.3 is 29.7 Å². The Morgan fingerprint density at radius 3 is 2.58 bits per heavy atom. The lowest BCUT2D eigenvalue weighted by Crippen LogP contribution is -2.36. The monoisotopic (exact) mass is 419 g/mol. The van der Waals surface area contributed by atoms with Gasteiger partial charge in [0.15, 0.2) is 11.5 Å². The van der Waals surface area contributed by atoms with Gasteiger partial charge in [0.1, 0.15) is 5.82 Å². The fourth-order valence-corrected chi connectivity index (χ4v) is 3.67. The van der Waals surface area contributed by atoms with E-state index in [9.17, 15) is 0 Å². The Hall–Kier alpha value is -3.52. The van der Waals surface area contributed by atoms with Crippen molar-refractivity contribution in [2.45, 2.75) is 13.5 Å². The van der Waals surface area contributed by atoms with Gasteiger partial charge in [0, 0.05) is 42.8 Å². The van der Waals surface area contributed by atoms with Gasteiger partial charge in [-0.25, -0.2) is 4.98 Å². The lowest BCUT2D eigenvalue weighted by molar-refractivity contribution is 0.122. The zero-order valence-electron chi connectivity index (χ0n) is 17.4.